The second-order valence-corrected chi connectivity index (χ2v) is 3.72. The summed E-state index contributed by atoms with van der Waals surface area (Å²) in [7, 11) is 0. The van der Waals surface area contributed by atoms with Crippen LogP contribution >= 0.6 is 0 Å². The van der Waals surface area contributed by atoms with E-state index >= 15 is 0 Å². The standard InChI is InChI=1S/C8H7NO6S/c9-6-4(7(10)11)1-3(16(14)15)2-5(6)8(12)13/h1-2H,9H2,(H,10,11)(H,12,13)(H,14,15)/p-1. The van der Waals surface area contributed by atoms with Crippen LogP contribution in [0.1, 0.15) is 20.7 Å². The summed E-state index contributed by atoms with van der Waals surface area (Å²) in [4.78, 5) is 21.0. The van der Waals surface area contributed by atoms with Gasteiger partial charge in [0.2, 0.25) is 0 Å². The minimum atomic E-state index is -2.72. The first kappa shape index (κ1) is 12.1. The van der Waals surface area contributed by atoms with Gasteiger partial charge in [0.1, 0.15) is 0 Å². The fourth-order valence-corrected chi connectivity index (χ4v) is 1.51. The highest BCUT2D eigenvalue weighted by atomic mass is 32.2. The number of nitrogen functional groups attached to an aromatic ring is 1. The number of benzene rings is 1. The van der Waals surface area contributed by atoms with E-state index in [0.29, 0.717) is 0 Å². The number of hydrogen-bond donors (Lipinski definition) is 3. The van der Waals surface area contributed by atoms with Crippen LogP contribution in [0.25, 0.3) is 0 Å². The number of hydrogen-bond acceptors (Lipinski definition) is 5. The van der Waals surface area contributed by atoms with Gasteiger partial charge >= 0.3 is 11.9 Å². The molecule has 0 heterocycles. The Kier molecular flexibility index (Phi) is 3.25. The van der Waals surface area contributed by atoms with Crippen molar-refractivity contribution in [3.05, 3.63) is 23.3 Å². The first-order valence-electron chi connectivity index (χ1n) is 3.84. The lowest BCUT2D eigenvalue weighted by molar-refractivity contribution is 0.0696. The van der Waals surface area contributed by atoms with E-state index in [0.717, 1.165) is 12.1 Å². The highest BCUT2D eigenvalue weighted by Gasteiger charge is 2.18. The number of carbonyl (C=O) groups is 2. The Morgan fingerprint density at radius 3 is 1.81 bits per heavy atom. The molecule has 0 radical (unpaired) electrons. The van der Waals surface area contributed by atoms with Gasteiger partial charge in [-0.15, -0.1) is 0 Å². The predicted molar refractivity (Wildman–Crippen MR) is 52.0 cm³/mol. The van der Waals surface area contributed by atoms with Gasteiger partial charge in [0.15, 0.2) is 0 Å². The molecule has 4 N–H and O–H groups in total. The number of anilines is 1. The van der Waals surface area contributed by atoms with Crippen LogP contribution in [-0.2, 0) is 11.1 Å². The maximum atomic E-state index is 10.7. The summed E-state index contributed by atoms with van der Waals surface area (Å²) in [5.74, 6) is -2.99. The highest BCUT2D eigenvalue weighted by Crippen LogP contribution is 2.22. The van der Waals surface area contributed by atoms with Gasteiger partial charge in [0.25, 0.3) is 0 Å². The Morgan fingerprint density at radius 1 is 1.19 bits per heavy atom. The van der Waals surface area contributed by atoms with E-state index < -0.39 is 44.7 Å². The number of rotatable bonds is 3. The Morgan fingerprint density at radius 2 is 1.56 bits per heavy atom. The molecule has 1 rings (SSSR count). The number of carboxylic acids is 2. The van der Waals surface area contributed by atoms with Crippen LogP contribution in [0.5, 0.6) is 0 Å². The largest absolute Gasteiger partial charge is 0.768 e. The number of nitrogens with two attached hydrogens (primary N) is 1. The molecule has 1 aromatic rings. The lowest BCUT2D eigenvalue weighted by atomic mass is 10.1. The van der Waals surface area contributed by atoms with Crippen LogP contribution in [-0.4, -0.2) is 30.9 Å². The number of carboxylic acid groups (broad SMARTS) is 2. The van der Waals surface area contributed by atoms with Crippen LogP contribution in [0, 0.1) is 0 Å². The van der Waals surface area contributed by atoms with Gasteiger partial charge in [0, 0.05) is 4.90 Å². The summed E-state index contributed by atoms with van der Waals surface area (Å²) in [6.45, 7) is 0. The highest BCUT2D eigenvalue weighted by molar-refractivity contribution is 7.79. The van der Waals surface area contributed by atoms with E-state index in [9.17, 15) is 18.4 Å². The Balaban J connectivity index is 3.57. The molecule has 7 nitrogen and oxygen atoms in total. The molecule has 0 aliphatic rings. The molecule has 86 valence electrons. The Bertz CT molecular complexity index is 462. The van der Waals surface area contributed by atoms with Gasteiger partial charge < -0.3 is 20.5 Å². The van der Waals surface area contributed by atoms with Gasteiger partial charge in [0.05, 0.1) is 16.8 Å². The third kappa shape index (κ3) is 2.18. The first-order valence-corrected chi connectivity index (χ1v) is 4.91. The van der Waals surface area contributed by atoms with Crippen molar-refractivity contribution in [2.24, 2.45) is 0 Å². The van der Waals surface area contributed by atoms with E-state index in [-0.39, 0.29) is 0 Å². The minimum Gasteiger partial charge on any atom is -0.768 e. The van der Waals surface area contributed by atoms with Crippen LogP contribution in [0.2, 0.25) is 0 Å². The zero-order valence-corrected chi connectivity index (χ0v) is 8.48. The first-order chi connectivity index (χ1) is 7.34. The summed E-state index contributed by atoms with van der Waals surface area (Å²) in [6, 6.07) is 1.60. The normalized spacial score (nSPS) is 12.1. The molecule has 0 fully saturated rings. The van der Waals surface area contributed by atoms with Gasteiger partial charge in [-0.3, -0.25) is 4.21 Å². The van der Waals surface area contributed by atoms with Gasteiger partial charge in [-0.25, -0.2) is 9.59 Å². The summed E-state index contributed by atoms with van der Waals surface area (Å²) in [6.07, 6.45) is 0. The maximum absolute atomic E-state index is 10.7. The molecule has 0 saturated carbocycles. The predicted octanol–water partition coefficient (Wildman–Crippen LogP) is -0.0968. The molecule has 1 unspecified atom stereocenters. The molecule has 0 aliphatic heterocycles. The fourth-order valence-electron chi connectivity index (χ4n) is 1.08. The monoisotopic (exact) mass is 244 g/mol. The molecule has 8 heteroatoms. The summed E-state index contributed by atoms with van der Waals surface area (Å²) < 4.78 is 21.3. The summed E-state index contributed by atoms with van der Waals surface area (Å²) >= 11 is -2.72. The van der Waals surface area contributed by atoms with Crippen molar-refractivity contribution >= 4 is 28.7 Å². The van der Waals surface area contributed by atoms with Crippen molar-refractivity contribution in [2.75, 3.05) is 5.73 Å². The Hall–Kier alpha value is -1.93. The molecule has 1 atom stereocenters. The van der Waals surface area contributed by atoms with Crippen molar-refractivity contribution in [1.82, 2.24) is 0 Å². The molecule has 0 spiro atoms. The zero-order chi connectivity index (χ0) is 12.5. The summed E-state index contributed by atoms with van der Waals surface area (Å²) in [5.41, 5.74) is 3.70. The van der Waals surface area contributed by atoms with E-state index in [4.69, 9.17) is 15.9 Å². The molecular weight excluding hydrogens is 238 g/mol. The van der Waals surface area contributed by atoms with Crippen LogP contribution in [0.3, 0.4) is 0 Å². The zero-order valence-electron chi connectivity index (χ0n) is 7.67. The molecular formula is C8H6NO6S-. The van der Waals surface area contributed by atoms with Crippen molar-refractivity contribution in [3.63, 3.8) is 0 Å². The van der Waals surface area contributed by atoms with Crippen molar-refractivity contribution in [2.45, 2.75) is 4.90 Å². The molecule has 0 saturated heterocycles. The second-order valence-electron chi connectivity index (χ2n) is 2.78. The minimum absolute atomic E-state index is 0.441. The smallest absolute Gasteiger partial charge is 0.337 e. The van der Waals surface area contributed by atoms with E-state index in [1.165, 1.54) is 0 Å². The average Bonchev–Trinajstić information content (AvgIpc) is 2.16. The van der Waals surface area contributed by atoms with Crippen LogP contribution in [0.4, 0.5) is 5.69 Å². The molecule has 0 amide bonds. The quantitative estimate of drug-likeness (QED) is 0.498. The van der Waals surface area contributed by atoms with Crippen molar-refractivity contribution < 1.29 is 28.6 Å². The van der Waals surface area contributed by atoms with E-state index in [1.807, 2.05) is 0 Å². The van der Waals surface area contributed by atoms with Gasteiger partial charge in [-0.2, -0.15) is 0 Å². The fraction of sp³-hybridized carbons (Fsp3) is 0. The molecule has 1 aromatic carbocycles. The van der Waals surface area contributed by atoms with E-state index in [1.54, 1.807) is 0 Å². The second kappa shape index (κ2) is 4.29. The van der Waals surface area contributed by atoms with Crippen LogP contribution < -0.4 is 5.73 Å². The SMILES string of the molecule is Nc1c(C(=O)O)cc(S(=O)[O-])cc1C(=O)O. The van der Waals surface area contributed by atoms with Crippen molar-refractivity contribution in [3.8, 4) is 0 Å². The van der Waals surface area contributed by atoms with Gasteiger partial charge in [-0.05, 0) is 23.2 Å². The van der Waals surface area contributed by atoms with Crippen molar-refractivity contribution in [1.29, 1.82) is 0 Å². The topological polar surface area (TPSA) is 141 Å². The number of aromatic carboxylic acids is 2. The third-order valence-corrected chi connectivity index (χ3v) is 2.43. The molecule has 0 aromatic heterocycles. The third-order valence-electron chi connectivity index (χ3n) is 1.81. The lowest BCUT2D eigenvalue weighted by Crippen LogP contribution is -2.11. The summed E-state index contributed by atoms with van der Waals surface area (Å²) in [5, 5.41) is 17.4. The molecule has 0 aliphatic carbocycles. The average molecular weight is 244 g/mol. The van der Waals surface area contributed by atoms with Crippen LogP contribution in [0.15, 0.2) is 17.0 Å². The van der Waals surface area contributed by atoms with E-state index in [2.05, 4.69) is 0 Å². The molecule has 16 heavy (non-hydrogen) atoms. The van der Waals surface area contributed by atoms with Gasteiger partial charge in [-0.1, -0.05) is 0 Å². The molecule has 0 bridgehead atoms. The lowest BCUT2D eigenvalue weighted by Gasteiger charge is -2.10. The Labute approximate surface area is 91.8 Å². The maximum Gasteiger partial charge on any atom is 0.337 e.